The smallest absolute Gasteiger partial charge is 0.224 e. The molecule has 4 heteroatoms. The number of fused-ring (bicyclic) bond motifs is 2. The first-order chi connectivity index (χ1) is 7.36. The number of rotatable bonds is 0. The van der Waals surface area contributed by atoms with Crippen LogP contribution in [0.25, 0.3) is 21.8 Å². The van der Waals surface area contributed by atoms with Gasteiger partial charge in [0.05, 0.1) is 0 Å². The molecular formula is C13H13NO3. The first kappa shape index (κ1) is 12.9. The van der Waals surface area contributed by atoms with Gasteiger partial charge in [-0.3, -0.25) is 0 Å². The highest BCUT2D eigenvalue weighted by Crippen LogP contribution is 2.16. The number of para-hydroxylation sites is 2. The minimum atomic E-state index is 0. The van der Waals surface area contributed by atoms with Gasteiger partial charge in [0.2, 0.25) is 11.0 Å². The molecule has 3 rings (SSSR count). The Balaban J connectivity index is 0.000000722. The Hall–Kier alpha value is -2.17. The summed E-state index contributed by atoms with van der Waals surface area (Å²) < 4.78 is 0.991. The monoisotopic (exact) mass is 231 g/mol. The van der Waals surface area contributed by atoms with Gasteiger partial charge in [0, 0.05) is 22.9 Å². The van der Waals surface area contributed by atoms with E-state index in [-0.39, 0.29) is 11.0 Å². The lowest BCUT2D eigenvalue weighted by Crippen LogP contribution is -2.27. The maximum absolute atomic E-state index is 12.0. The summed E-state index contributed by atoms with van der Waals surface area (Å²) in [6, 6.07) is 17.3. The Morgan fingerprint density at radius 3 is 1.59 bits per heavy atom. The second-order valence-corrected chi connectivity index (χ2v) is 3.56. The maximum atomic E-state index is 12.0. The lowest BCUT2D eigenvalue weighted by molar-refractivity contribution is -0.547. The van der Waals surface area contributed by atoms with Crippen molar-refractivity contribution in [3.05, 3.63) is 59.8 Å². The fraction of sp³-hybridized carbons (Fsp3) is 0. The minimum absolute atomic E-state index is 0. The molecule has 3 aromatic rings. The molecule has 0 spiro atoms. The van der Waals surface area contributed by atoms with Crippen LogP contribution in [0.1, 0.15) is 0 Å². The Morgan fingerprint density at radius 1 is 0.706 bits per heavy atom. The normalized spacial score (nSPS) is 9.65. The first-order valence-corrected chi connectivity index (χ1v) is 4.86. The Labute approximate surface area is 97.9 Å². The summed E-state index contributed by atoms with van der Waals surface area (Å²) >= 11 is 0. The van der Waals surface area contributed by atoms with Gasteiger partial charge in [-0.15, -0.1) is 0 Å². The van der Waals surface area contributed by atoms with Crippen molar-refractivity contribution in [1.82, 2.24) is 0 Å². The van der Waals surface area contributed by atoms with Crippen LogP contribution >= 0.6 is 0 Å². The number of hydrogen-bond acceptors (Lipinski definition) is 1. The average Bonchev–Trinajstić information content (AvgIpc) is 2.30. The number of nitrogens with zero attached hydrogens (tertiary/aromatic N) is 1. The topological polar surface area (TPSA) is 89.9 Å². The molecular weight excluding hydrogens is 218 g/mol. The molecule has 0 bridgehead atoms. The van der Waals surface area contributed by atoms with Gasteiger partial charge in [0.25, 0.3) is 0 Å². The van der Waals surface area contributed by atoms with Crippen molar-refractivity contribution < 1.29 is 15.7 Å². The van der Waals surface area contributed by atoms with Crippen molar-refractivity contribution in [1.29, 1.82) is 0 Å². The first-order valence-electron chi connectivity index (χ1n) is 4.86. The molecule has 88 valence electrons. The van der Waals surface area contributed by atoms with E-state index < -0.39 is 0 Å². The third kappa shape index (κ3) is 1.91. The van der Waals surface area contributed by atoms with E-state index in [1.54, 1.807) is 0 Å². The summed E-state index contributed by atoms with van der Waals surface area (Å²) in [5.41, 5.74) is 1.44. The molecule has 4 nitrogen and oxygen atoms in total. The average molecular weight is 231 g/mol. The van der Waals surface area contributed by atoms with Crippen LogP contribution in [0.5, 0.6) is 0 Å². The Kier molecular flexibility index (Phi) is 3.62. The predicted octanol–water partition coefficient (Wildman–Crippen LogP) is 0.977. The lowest BCUT2D eigenvalue weighted by atomic mass is 10.1. The zero-order valence-corrected chi connectivity index (χ0v) is 9.05. The van der Waals surface area contributed by atoms with Crippen LogP contribution in [-0.4, -0.2) is 11.0 Å². The molecule has 0 amide bonds. The van der Waals surface area contributed by atoms with E-state index in [4.69, 9.17) is 0 Å². The molecule has 0 saturated carbocycles. The van der Waals surface area contributed by atoms with Gasteiger partial charge in [-0.2, -0.15) is 4.73 Å². The van der Waals surface area contributed by atoms with Crippen molar-refractivity contribution in [2.75, 3.05) is 0 Å². The zero-order chi connectivity index (χ0) is 10.3. The molecule has 2 aromatic carbocycles. The fourth-order valence-electron chi connectivity index (χ4n) is 1.89. The second-order valence-electron chi connectivity index (χ2n) is 3.56. The van der Waals surface area contributed by atoms with E-state index in [9.17, 15) is 5.21 Å². The molecule has 0 aliphatic carbocycles. The minimum Gasteiger partial charge on any atom is -0.618 e. The van der Waals surface area contributed by atoms with Crippen LogP contribution in [0.3, 0.4) is 0 Å². The molecule has 0 fully saturated rings. The van der Waals surface area contributed by atoms with Crippen molar-refractivity contribution in [3.8, 4) is 0 Å². The molecule has 0 radical (unpaired) electrons. The Morgan fingerprint density at radius 2 is 1.12 bits per heavy atom. The van der Waals surface area contributed by atoms with Gasteiger partial charge in [-0.25, -0.2) is 0 Å². The van der Waals surface area contributed by atoms with Crippen LogP contribution < -0.4 is 4.73 Å². The number of benzene rings is 2. The summed E-state index contributed by atoms with van der Waals surface area (Å²) in [5.74, 6) is 0. The van der Waals surface area contributed by atoms with E-state index in [1.807, 2.05) is 54.6 Å². The van der Waals surface area contributed by atoms with Crippen LogP contribution in [0.4, 0.5) is 0 Å². The van der Waals surface area contributed by atoms with Gasteiger partial charge < -0.3 is 16.2 Å². The van der Waals surface area contributed by atoms with Crippen LogP contribution in [0, 0.1) is 5.21 Å². The van der Waals surface area contributed by atoms with Gasteiger partial charge >= 0.3 is 0 Å². The molecule has 0 atom stereocenters. The van der Waals surface area contributed by atoms with Gasteiger partial charge in [-0.05, 0) is 18.2 Å². The predicted molar refractivity (Wildman–Crippen MR) is 67.6 cm³/mol. The SMILES string of the molecule is O.O.[O-][n+]1c2ccccc2cc2ccccc21. The van der Waals surface area contributed by atoms with Gasteiger partial charge in [0.15, 0.2) is 0 Å². The molecule has 0 unspecified atom stereocenters. The third-order valence-electron chi connectivity index (χ3n) is 2.62. The summed E-state index contributed by atoms with van der Waals surface area (Å²) in [6.07, 6.45) is 0. The highest BCUT2D eigenvalue weighted by molar-refractivity contribution is 5.88. The summed E-state index contributed by atoms with van der Waals surface area (Å²) in [4.78, 5) is 0. The molecule has 1 heterocycles. The van der Waals surface area contributed by atoms with Gasteiger partial charge in [0.1, 0.15) is 0 Å². The van der Waals surface area contributed by atoms with Crippen molar-refractivity contribution in [2.45, 2.75) is 0 Å². The number of pyridine rings is 1. The van der Waals surface area contributed by atoms with Crippen LogP contribution in [-0.2, 0) is 0 Å². The summed E-state index contributed by atoms with van der Waals surface area (Å²) in [5, 5.41) is 14.0. The third-order valence-corrected chi connectivity index (χ3v) is 2.62. The van der Waals surface area contributed by atoms with Crippen molar-refractivity contribution >= 4 is 21.8 Å². The molecule has 4 N–H and O–H groups in total. The van der Waals surface area contributed by atoms with E-state index in [1.165, 1.54) is 0 Å². The molecule has 17 heavy (non-hydrogen) atoms. The van der Waals surface area contributed by atoms with Crippen molar-refractivity contribution in [2.24, 2.45) is 0 Å². The summed E-state index contributed by atoms with van der Waals surface area (Å²) in [7, 11) is 0. The zero-order valence-electron chi connectivity index (χ0n) is 9.05. The maximum Gasteiger partial charge on any atom is 0.224 e. The highest BCUT2D eigenvalue weighted by Gasteiger charge is 2.07. The number of aromatic nitrogens is 1. The number of hydrogen-bond donors (Lipinski definition) is 0. The molecule has 0 saturated heterocycles. The van der Waals surface area contributed by atoms with Crippen molar-refractivity contribution in [3.63, 3.8) is 0 Å². The van der Waals surface area contributed by atoms with E-state index >= 15 is 0 Å². The molecule has 0 aliphatic heterocycles. The fourth-order valence-corrected chi connectivity index (χ4v) is 1.89. The largest absolute Gasteiger partial charge is 0.618 e. The molecule has 0 aliphatic rings. The lowest BCUT2D eigenvalue weighted by Gasteiger charge is -2.04. The summed E-state index contributed by atoms with van der Waals surface area (Å²) in [6.45, 7) is 0. The highest BCUT2D eigenvalue weighted by atomic mass is 16.5. The quantitative estimate of drug-likeness (QED) is 0.322. The van der Waals surface area contributed by atoms with E-state index in [0.717, 1.165) is 26.5 Å². The van der Waals surface area contributed by atoms with Crippen LogP contribution in [0.2, 0.25) is 0 Å². The standard InChI is InChI=1S/C13H9NO.2H2O/c15-14-12-7-3-1-5-10(12)9-11-6-2-4-8-13(11)14;;/h1-9H;2*1H2. The van der Waals surface area contributed by atoms with E-state index in [2.05, 4.69) is 0 Å². The van der Waals surface area contributed by atoms with E-state index in [0.29, 0.717) is 0 Å². The second kappa shape index (κ2) is 4.78. The van der Waals surface area contributed by atoms with Gasteiger partial charge in [-0.1, -0.05) is 24.3 Å². The Bertz CT molecular complexity index is 598. The molecule has 1 aromatic heterocycles. The van der Waals surface area contributed by atoms with Crippen LogP contribution in [0.15, 0.2) is 54.6 Å².